The zero-order chi connectivity index (χ0) is 33.2. The fourth-order valence-corrected chi connectivity index (χ4v) is 5.39. The first-order valence-electron chi connectivity index (χ1n) is 15.3. The molecule has 2 heterocycles. The number of aromatic nitrogens is 3. The first-order chi connectivity index (χ1) is 22.8. The first-order valence-corrected chi connectivity index (χ1v) is 15.3. The molecule has 12 nitrogen and oxygen atoms in total. The summed E-state index contributed by atoms with van der Waals surface area (Å²) in [5.41, 5.74) is 9.98. The van der Waals surface area contributed by atoms with Crippen molar-refractivity contribution in [3.05, 3.63) is 126 Å². The van der Waals surface area contributed by atoms with Crippen LogP contribution in [0.25, 0.3) is 10.9 Å². The van der Waals surface area contributed by atoms with Crippen LogP contribution < -0.4 is 21.7 Å². The molecule has 0 radical (unpaired) electrons. The molecule has 0 aliphatic carbocycles. The highest BCUT2D eigenvalue weighted by Gasteiger charge is 2.31. The van der Waals surface area contributed by atoms with Gasteiger partial charge in [-0.1, -0.05) is 78.9 Å². The van der Waals surface area contributed by atoms with Gasteiger partial charge in [0.05, 0.1) is 12.4 Å². The maximum atomic E-state index is 13.8. The largest absolute Gasteiger partial charge is 0.480 e. The van der Waals surface area contributed by atoms with Crippen molar-refractivity contribution >= 4 is 34.6 Å². The normalized spacial score (nSPS) is 13.6. The number of hydrogen-bond acceptors (Lipinski definition) is 6. The zero-order valence-corrected chi connectivity index (χ0v) is 25.6. The number of nitrogens with two attached hydrogens (primary N) is 1. The summed E-state index contributed by atoms with van der Waals surface area (Å²) >= 11 is 0. The molecule has 4 atom stereocenters. The van der Waals surface area contributed by atoms with Crippen molar-refractivity contribution in [1.82, 2.24) is 30.9 Å². The molecule has 0 spiro atoms. The summed E-state index contributed by atoms with van der Waals surface area (Å²) in [6.45, 7) is 0. The minimum atomic E-state index is -1.27. The zero-order valence-electron chi connectivity index (χ0n) is 25.6. The van der Waals surface area contributed by atoms with Crippen molar-refractivity contribution in [2.45, 2.75) is 49.9 Å². The van der Waals surface area contributed by atoms with E-state index in [0.29, 0.717) is 5.69 Å². The Hall–Kier alpha value is -5.75. The lowest BCUT2D eigenvalue weighted by Crippen LogP contribution is -2.58. The molecule has 0 saturated carbocycles. The Balaban J connectivity index is 1.34. The van der Waals surface area contributed by atoms with Crippen LogP contribution in [0.15, 0.2) is 104 Å². The Bertz CT molecular complexity index is 1790. The van der Waals surface area contributed by atoms with Gasteiger partial charge in [-0.05, 0) is 29.2 Å². The minimum absolute atomic E-state index is 0.0227. The van der Waals surface area contributed by atoms with E-state index in [-0.39, 0.29) is 25.7 Å². The highest BCUT2D eigenvalue weighted by molar-refractivity contribution is 5.94. The molecule has 2 aromatic heterocycles. The summed E-state index contributed by atoms with van der Waals surface area (Å²) in [7, 11) is 0. The number of carbonyl (C=O) groups excluding carboxylic acids is 3. The van der Waals surface area contributed by atoms with E-state index in [0.717, 1.165) is 27.6 Å². The van der Waals surface area contributed by atoms with Crippen molar-refractivity contribution in [3.8, 4) is 0 Å². The number of H-pyrrole nitrogens is 2. The van der Waals surface area contributed by atoms with Gasteiger partial charge in [0.1, 0.15) is 18.1 Å². The number of nitrogens with zero attached hydrogens (tertiary/aromatic N) is 1. The highest BCUT2D eigenvalue weighted by Crippen LogP contribution is 2.19. The van der Waals surface area contributed by atoms with Gasteiger partial charge >= 0.3 is 5.97 Å². The Morgan fingerprint density at radius 1 is 0.681 bits per heavy atom. The molecule has 0 aliphatic heterocycles. The van der Waals surface area contributed by atoms with Crippen LogP contribution in [-0.4, -0.2) is 67.9 Å². The number of benzene rings is 3. The van der Waals surface area contributed by atoms with E-state index in [9.17, 15) is 24.3 Å². The van der Waals surface area contributed by atoms with Crippen LogP contribution in [-0.2, 0) is 44.9 Å². The number of imidazole rings is 1. The number of carbonyl (C=O) groups is 4. The molecular weight excluding hydrogens is 598 g/mol. The third kappa shape index (κ3) is 8.92. The number of hydrogen-bond donors (Lipinski definition) is 7. The molecule has 3 amide bonds. The van der Waals surface area contributed by atoms with Crippen LogP contribution in [0, 0.1) is 0 Å². The number of fused-ring (bicyclic) bond motifs is 1. The molecule has 0 aliphatic rings. The van der Waals surface area contributed by atoms with E-state index in [1.165, 1.54) is 12.5 Å². The van der Waals surface area contributed by atoms with Gasteiger partial charge in [-0.3, -0.25) is 14.4 Å². The summed E-state index contributed by atoms with van der Waals surface area (Å²) in [6.07, 6.45) is 5.13. The summed E-state index contributed by atoms with van der Waals surface area (Å²) in [5.74, 6) is -3.08. The van der Waals surface area contributed by atoms with Gasteiger partial charge in [-0.15, -0.1) is 0 Å². The van der Waals surface area contributed by atoms with E-state index in [1.54, 1.807) is 30.5 Å². The second-order valence-electron chi connectivity index (χ2n) is 11.4. The van der Waals surface area contributed by atoms with Crippen LogP contribution in [0.2, 0.25) is 0 Å². The maximum Gasteiger partial charge on any atom is 0.326 e. The number of para-hydroxylation sites is 1. The molecule has 5 rings (SSSR count). The lowest BCUT2D eigenvalue weighted by molar-refractivity contribution is -0.142. The molecule has 12 heteroatoms. The fourth-order valence-electron chi connectivity index (χ4n) is 5.39. The fraction of sp³-hybridized carbons (Fsp3) is 0.229. The van der Waals surface area contributed by atoms with Gasteiger partial charge < -0.3 is 36.8 Å². The quantitative estimate of drug-likeness (QED) is 0.0914. The molecule has 3 aromatic carbocycles. The summed E-state index contributed by atoms with van der Waals surface area (Å²) in [6, 6.07) is 21.3. The summed E-state index contributed by atoms with van der Waals surface area (Å²) < 4.78 is 0. The number of carboxylic acid groups (broad SMARTS) is 1. The molecule has 5 aromatic rings. The SMILES string of the molecule is NC(Cc1ccccc1)C(=O)NC(Cc1cnc[nH]1)C(=O)NC(Cc1ccccc1)C(=O)NC(Cc1c[nH]c2ccccc12)C(=O)O. The van der Waals surface area contributed by atoms with Gasteiger partial charge in [-0.2, -0.15) is 0 Å². The number of rotatable bonds is 15. The molecule has 242 valence electrons. The van der Waals surface area contributed by atoms with Gasteiger partial charge in [0, 0.05) is 48.3 Å². The number of aromatic amines is 2. The lowest BCUT2D eigenvalue weighted by atomic mass is 10.0. The van der Waals surface area contributed by atoms with Crippen LogP contribution in [0.3, 0.4) is 0 Å². The van der Waals surface area contributed by atoms with Crippen LogP contribution in [0.4, 0.5) is 0 Å². The monoisotopic (exact) mass is 635 g/mol. The number of nitrogens with one attached hydrogen (secondary N) is 5. The Labute approximate surface area is 271 Å². The number of amides is 3. The summed E-state index contributed by atoms with van der Waals surface area (Å²) in [5, 5.41) is 19.0. The number of carboxylic acids is 1. The minimum Gasteiger partial charge on any atom is -0.480 e. The average molecular weight is 636 g/mol. The third-order valence-electron chi connectivity index (χ3n) is 7.88. The molecule has 0 saturated heterocycles. The highest BCUT2D eigenvalue weighted by atomic mass is 16.4. The molecule has 0 fully saturated rings. The molecule has 4 unspecified atom stereocenters. The molecule has 8 N–H and O–H groups in total. The van der Waals surface area contributed by atoms with Crippen molar-refractivity contribution in [1.29, 1.82) is 0 Å². The lowest BCUT2D eigenvalue weighted by Gasteiger charge is -2.25. The van der Waals surface area contributed by atoms with E-state index in [2.05, 4.69) is 30.9 Å². The van der Waals surface area contributed by atoms with Gasteiger partial charge in [0.2, 0.25) is 17.7 Å². The van der Waals surface area contributed by atoms with Crippen molar-refractivity contribution in [2.24, 2.45) is 5.73 Å². The maximum absolute atomic E-state index is 13.8. The van der Waals surface area contributed by atoms with E-state index in [4.69, 9.17) is 5.73 Å². The van der Waals surface area contributed by atoms with E-state index < -0.39 is 47.9 Å². The smallest absolute Gasteiger partial charge is 0.326 e. The second-order valence-corrected chi connectivity index (χ2v) is 11.4. The van der Waals surface area contributed by atoms with Crippen molar-refractivity contribution in [3.63, 3.8) is 0 Å². The first kappa shape index (κ1) is 32.6. The second kappa shape index (κ2) is 15.5. The van der Waals surface area contributed by atoms with Gasteiger partial charge in [0.15, 0.2) is 0 Å². The third-order valence-corrected chi connectivity index (χ3v) is 7.88. The molecule has 0 bridgehead atoms. The van der Waals surface area contributed by atoms with Crippen LogP contribution in [0.5, 0.6) is 0 Å². The van der Waals surface area contributed by atoms with Gasteiger partial charge in [-0.25, -0.2) is 9.78 Å². The van der Waals surface area contributed by atoms with Crippen LogP contribution >= 0.6 is 0 Å². The van der Waals surface area contributed by atoms with Crippen molar-refractivity contribution < 1.29 is 24.3 Å². The van der Waals surface area contributed by atoms with Crippen LogP contribution in [0.1, 0.15) is 22.4 Å². The van der Waals surface area contributed by atoms with E-state index >= 15 is 0 Å². The standard InChI is InChI=1S/C35H37N7O5/c36-27(15-22-9-3-1-4-10-22)32(43)40-30(18-25-20-37-21-39-25)34(45)41-29(16-23-11-5-2-6-12-23)33(44)42-31(35(46)47)17-24-19-38-28-14-8-7-13-26(24)28/h1-14,19-21,27,29-31,38H,15-18,36H2,(H,37,39)(H,40,43)(H,41,45)(H,42,44)(H,46,47). The summed E-state index contributed by atoms with van der Waals surface area (Å²) in [4.78, 5) is 63.1. The molecular formula is C35H37N7O5. The van der Waals surface area contributed by atoms with Gasteiger partial charge in [0.25, 0.3) is 0 Å². The Kier molecular flexibility index (Phi) is 10.8. The predicted molar refractivity (Wildman–Crippen MR) is 176 cm³/mol. The van der Waals surface area contributed by atoms with E-state index in [1.807, 2.05) is 60.7 Å². The number of aliphatic carboxylic acids is 1. The van der Waals surface area contributed by atoms with Crippen molar-refractivity contribution in [2.75, 3.05) is 0 Å². The topological polar surface area (TPSA) is 195 Å². The Morgan fingerprint density at radius 3 is 1.89 bits per heavy atom. The molecule has 47 heavy (non-hydrogen) atoms. The predicted octanol–water partition coefficient (Wildman–Crippen LogP) is 2.03. The Morgan fingerprint density at radius 2 is 1.26 bits per heavy atom. The average Bonchev–Trinajstić information content (AvgIpc) is 3.74.